The van der Waals surface area contributed by atoms with Crippen LogP contribution in [0.5, 0.6) is 0 Å². The van der Waals surface area contributed by atoms with Gasteiger partial charge in [0.2, 0.25) is 5.91 Å². The van der Waals surface area contributed by atoms with E-state index in [1.807, 2.05) is 6.08 Å². The molecule has 17 unspecified atom stereocenters. The third kappa shape index (κ3) is 41.3. The van der Waals surface area contributed by atoms with Crippen molar-refractivity contribution in [3.05, 3.63) is 48.6 Å². The van der Waals surface area contributed by atoms with Crippen LogP contribution in [-0.4, -0.2) is 193 Å². The maximum Gasteiger partial charge on any atom is 0.220 e. The second kappa shape index (κ2) is 61.0. The minimum absolute atomic E-state index is 0.237. The average Bonchev–Trinajstić information content (AvgIpc) is 0.785. The first-order valence-corrected chi connectivity index (χ1v) is 40.4. The van der Waals surface area contributed by atoms with Gasteiger partial charge in [0.15, 0.2) is 18.9 Å². The van der Waals surface area contributed by atoms with E-state index in [2.05, 4.69) is 55.6 Å². The van der Waals surface area contributed by atoms with Gasteiger partial charge in [-0.15, -0.1) is 0 Å². The first-order chi connectivity index (χ1) is 48.3. The van der Waals surface area contributed by atoms with Crippen molar-refractivity contribution in [2.45, 2.75) is 426 Å². The van der Waals surface area contributed by atoms with Crippen LogP contribution < -0.4 is 5.32 Å². The number of allylic oxidation sites excluding steroid dienone is 7. The third-order valence-electron chi connectivity index (χ3n) is 20.1. The molecule has 19 heteroatoms. The van der Waals surface area contributed by atoms with Crippen LogP contribution in [0.3, 0.4) is 0 Å². The summed E-state index contributed by atoms with van der Waals surface area (Å²) in [5.41, 5.74) is 0. The van der Waals surface area contributed by atoms with Crippen LogP contribution in [0.4, 0.5) is 0 Å². The van der Waals surface area contributed by atoms with Gasteiger partial charge in [-0.2, -0.15) is 0 Å². The number of rotatable bonds is 64. The number of nitrogens with one attached hydrogen (secondary N) is 1. The summed E-state index contributed by atoms with van der Waals surface area (Å²) in [5.74, 6) is -0.281. The molecule has 12 N–H and O–H groups in total. The van der Waals surface area contributed by atoms with Crippen molar-refractivity contribution >= 4 is 5.91 Å². The molecule has 0 aromatic rings. The molecule has 580 valence electrons. The minimum Gasteiger partial charge on any atom is -0.394 e. The third-order valence-corrected chi connectivity index (χ3v) is 20.1. The van der Waals surface area contributed by atoms with Crippen molar-refractivity contribution in [3.63, 3.8) is 0 Å². The number of carbonyl (C=O) groups is 1. The molecule has 3 aliphatic heterocycles. The number of hydrogen-bond donors (Lipinski definition) is 12. The molecule has 0 aliphatic carbocycles. The van der Waals surface area contributed by atoms with Gasteiger partial charge >= 0.3 is 0 Å². The number of amides is 1. The topological polar surface area (TPSA) is 307 Å². The van der Waals surface area contributed by atoms with Crippen molar-refractivity contribution in [2.75, 3.05) is 26.4 Å². The average molecular weight is 1410 g/mol. The van der Waals surface area contributed by atoms with E-state index in [0.29, 0.717) is 12.8 Å². The van der Waals surface area contributed by atoms with Crippen LogP contribution in [0, 0.1) is 0 Å². The van der Waals surface area contributed by atoms with E-state index in [1.165, 1.54) is 244 Å². The van der Waals surface area contributed by atoms with Gasteiger partial charge in [0.25, 0.3) is 0 Å². The van der Waals surface area contributed by atoms with Gasteiger partial charge in [-0.25, -0.2) is 0 Å². The molecular weight excluding hydrogens is 1260 g/mol. The van der Waals surface area contributed by atoms with E-state index >= 15 is 0 Å². The largest absolute Gasteiger partial charge is 0.394 e. The lowest BCUT2D eigenvalue weighted by Crippen LogP contribution is -2.66. The van der Waals surface area contributed by atoms with E-state index in [9.17, 15) is 61.0 Å². The number of hydrogen-bond acceptors (Lipinski definition) is 18. The normalized spacial score (nSPS) is 26.8. The molecule has 0 saturated carbocycles. The van der Waals surface area contributed by atoms with Gasteiger partial charge in [0, 0.05) is 6.42 Å². The van der Waals surface area contributed by atoms with Crippen molar-refractivity contribution in [1.82, 2.24) is 5.32 Å². The predicted molar refractivity (Wildman–Crippen MR) is 392 cm³/mol. The number of unbranched alkanes of at least 4 members (excludes halogenated alkanes) is 42. The quantitative estimate of drug-likeness (QED) is 0.0199. The fourth-order valence-electron chi connectivity index (χ4n) is 13.6. The van der Waals surface area contributed by atoms with Crippen LogP contribution in [0.1, 0.15) is 322 Å². The Morgan fingerprint density at radius 2 is 0.677 bits per heavy atom. The van der Waals surface area contributed by atoms with E-state index < -0.39 is 124 Å². The smallest absolute Gasteiger partial charge is 0.220 e. The molecule has 3 fully saturated rings. The lowest BCUT2D eigenvalue weighted by atomic mass is 9.96. The summed E-state index contributed by atoms with van der Waals surface area (Å²) in [6.07, 6.45) is 49.6. The Morgan fingerprint density at radius 3 is 1.07 bits per heavy atom. The van der Waals surface area contributed by atoms with E-state index in [1.54, 1.807) is 6.08 Å². The van der Waals surface area contributed by atoms with Crippen molar-refractivity contribution in [2.24, 2.45) is 0 Å². The highest BCUT2D eigenvalue weighted by atomic mass is 16.8. The van der Waals surface area contributed by atoms with E-state index in [-0.39, 0.29) is 18.9 Å². The van der Waals surface area contributed by atoms with Crippen LogP contribution in [0.2, 0.25) is 0 Å². The Labute approximate surface area is 599 Å². The van der Waals surface area contributed by atoms with Crippen LogP contribution in [0.15, 0.2) is 48.6 Å². The molecule has 17 atom stereocenters. The summed E-state index contributed by atoms with van der Waals surface area (Å²) >= 11 is 0. The molecule has 3 heterocycles. The Hall–Kier alpha value is -2.25. The van der Waals surface area contributed by atoms with Gasteiger partial charge in [-0.1, -0.05) is 300 Å². The maximum atomic E-state index is 13.5. The maximum absolute atomic E-state index is 13.5. The fourth-order valence-corrected chi connectivity index (χ4v) is 13.6. The molecule has 1 amide bonds. The summed E-state index contributed by atoms with van der Waals surface area (Å²) in [4.78, 5) is 13.5. The zero-order chi connectivity index (χ0) is 71.8. The number of carbonyl (C=O) groups excluding carboxylic acids is 1. The molecule has 3 rings (SSSR count). The minimum atomic E-state index is -1.98. The Kier molecular flexibility index (Phi) is 56.0. The lowest BCUT2D eigenvalue weighted by Gasteiger charge is -2.48. The van der Waals surface area contributed by atoms with Gasteiger partial charge in [0.1, 0.15) is 73.2 Å². The highest BCUT2D eigenvalue weighted by Crippen LogP contribution is 2.33. The molecule has 0 spiro atoms. The van der Waals surface area contributed by atoms with Crippen LogP contribution >= 0.6 is 0 Å². The Morgan fingerprint density at radius 1 is 0.364 bits per heavy atom. The second-order valence-electron chi connectivity index (χ2n) is 28.9. The van der Waals surface area contributed by atoms with Gasteiger partial charge in [-0.05, 0) is 64.2 Å². The monoisotopic (exact) mass is 1410 g/mol. The fraction of sp³-hybridized carbons (Fsp3) is 0.887. The van der Waals surface area contributed by atoms with Crippen molar-refractivity contribution in [3.8, 4) is 0 Å². The Balaban J connectivity index is 1.39. The molecule has 3 saturated heterocycles. The molecule has 0 bridgehead atoms. The van der Waals surface area contributed by atoms with Crippen molar-refractivity contribution in [1.29, 1.82) is 0 Å². The predicted octanol–water partition coefficient (Wildman–Crippen LogP) is 13.3. The van der Waals surface area contributed by atoms with E-state index in [4.69, 9.17) is 28.4 Å². The molecule has 0 aromatic carbocycles. The van der Waals surface area contributed by atoms with Gasteiger partial charge < -0.3 is 89.9 Å². The number of ether oxygens (including phenoxy) is 6. The second-order valence-corrected chi connectivity index (χ2v) is 28.9. The lowest BCUT2D eigenvalue weighted by molar-refractivity contribution is -0.379. The molecule has 3 aliphatic rings. The van der Waals surface area contributed by atoms with Gasteiger partial charge in [-0.3, -0.25) is 4.79 Å². The van der Waals surface area contributed by atoms with Crippen LogP contribution in [0.25, 0.3) is 0 Å². The standard InChI is InChI=1S/C80H147NO18/c1-3-5-7-9-11-13-15-17-19-21-23-25-27-29-30-31-32-34-36-38-40-42-44-46-48-50-52-54-56-58-68(86)81-63(64(85)57-55-53-51-49-47-45-43-41-39-37-35-33-28-26-24-22-20-18-16-14-12-10-8-6-4-2)62-94-78-74(92)71(89)76(66(60-83)96-78)99-80-75(93)72(90)77(67(61-84)97-80)98-79-73(91)70(88)69(87)65(59-82)95-79/h15,17,21,23,47,49,55,57,63-67,69-80,82-85,87-93H,3-14,16,18-20,22,24-46,48,50-54,56,58-62H2,1-2H3,(H,81,86)/b17-15-,23-21-,49-47+,57-55+. The molecule has 19 nitrogen and oxygen atoms in total. The molecule has 99 heavy (non-hydrogen) atoms. The SMILES string of the molecule is CCCCCCC/C=C\C/C=C\CCCCCCCCCCCCCCCCCCCC(=O)NC(COC1OC(CO)C(OC2OC(CO)C(OC3OC(CO)C(O)C(O)C3O)C(O)C2O)C(O)C1O)C(O)/C=C/CC/C=C/CCCCCCCCCCCCCCCCCCCCC. The molecular formula is C80H147NO18. The molecule has 0 aromatic heterocycles. The summed E-state index contributed by atoms with van der Waals surface area (Å²) in [6.45, 7) is 1.75. The number of aliphatic hydroxyl groups is 11. The highest BCUT2D eigenvalue weighted by molar-refractivity contribution is 5.76. The summed E-state index contributed by atoms with van der Waals surface area (Å²) in [5, 5.41) is 121. The summed E-state index contributed by atoms with van der Waals surface area (Å²) < 4.78 is 34.4. The van der Waals surface area contributed by atoms with Crippen LogP contribution in [-0.2, 0) is 33.2 Å². The summed E-state index contributed by atoms with van der Waals surface area (Å²) in [6, 6.07) is -0.992. The van der Waals surface area contributed by atoms with Crippen molar-refractivity contribution < 1.29 is 89.4 Å². The first kappa shape index (κ1) is 91.0. The zero-order valence-corrected chi connectivity index (χ0v) is 62.0. The zero-order valence-electron chi connectivity index (χ0n) is 62.0. The van der Waals surface area contributed by atoms with E-state index in [0.717, 1.165) is 44.9 Å². The Bertz CT molecular complexity index is 1980. The van der Waals surface area contributed by atoms with Gasteiger partial charge in [0.05, 0.1) is 38.6 Å². The summed E-state index contributed by atoms with van der Waals surface area (Å²) in [7, 11) is 0. The number of aliphatic hydroxyl groups excluding tert-OH is 11. The highest BCUT2D eigenvalue weighted by Gasteiger charge is 2.54. The molecule has 0 radical (unpaired) electrons. The first-order valence-electron chi connectivity index (χ1n) is 40.4.